The largest absolute Gasteiger partial charge is 0.322 e. The fraction of sp³-hybridized carbons (Fsp3) is 0.545. The van der Waals surface area contributed by atoms with Gasteiger partial charge < -0.3 is 5.73 Å². The van der Waals surface area contributed by atoms with Gasteiger partial charge in [0, 0.05) is 19.8 Å². The van der Waals surface area contributed by atoms with Crippen LogP contribution in [-0.2, 0) is 20.5 Å². The Morgan fingerprint density at radius 1 is 1.29 bits per heavy atom. The van der Waals surface area contributed by atoms with Crippen molar-refractivity contribution < 1.29 is 0 Å². The highest BCUT2D eigenvalue weighted by molar-refractivity contribution is 5.26. The van der Waals surface area contributed by atoms with E-state index in [1.807, 2.05) is 25.7 Å². The van der Waals surface area contributed by atoms with Crippen LogP contribution in [0, 0.1) is 13.8 Å². The molecule has 17 heavy (non-hydrogen) atoms. The summed E-state index contributed by atoms with van der Waals surface area (Å²) in [5.41, 5.74) is 10.5. The van der Waals surface area contributed by atoms with E-state index in [0.717, 1.165) is 23.5 Å². The molecule has 6 heteroatoms. The summed E-state index contributed by atoms with van der Waals surface area (Å²) in [6.45, 7) is 4.07. The predicted molar refractivity (Wildman–Crippen MR) is 64.3 cm³/mol. The van der Waals surface area contributed by atoms with Crippen LogP contribution in [0.5, 0.6) is 0 Å². The fourth-order valence-corrected chi connectivity index (χ4v) is 2.07. The number of rotatable bonds is 3. The smallest absolute Gasteiger partial charge is 0.0754 e. The standard InChI is InChI=1S/C11H18N6/c1-7-9(8(2)16(3)14-7)5-10(12)11-6-13-15-17(11)4/h6,10H,5,12H2,1-4H3. The third kappa shape index (κ3) is 2.08. The first kappa shape index (κ1) is 11.8. The molecule has 2 heterocycles. The summed E-state index contributed by atoms with van der Waals surface area (Å²) in [5, 5.41) is 12.1. The Balaban J connectivity index is 2.24. The molecule has 0 fully saturated rings. The molecule has 0 aromatic carbocycles. The van der Waals surface area contributed by atoms with Crippen molar-refractivity contribution in [3.05, 3.63) is 28.8 Å². The summed E-state index contributed by atoms with van der Waals surface area (Å²) in [5.74, 6) is 0. The van der Waals surface area contributed by atoms with Gasteiger partial charge in [0.25, 0.3) is 0 Å². The fourth-order valence-electron chi connectivity index (χ4n) is 2.07. The van der Waals surface area contributed by atoms with E-state index < -0.39 is 0 Å². The van der Waals surface area contributed by atoms with E-state index in [1.165, 1.54) is 5.56 Å². The normalized spacial score (nSPS) is 13.0. The molecule has 92 valence electrons. The van der Waals surface area contributed by atoms with Gasteiger partial charge in [0.05, 0.1) is 23.6 Å². The minimum Gasteiger partial charge on any atom is -0.322 e. The van der Waals surface area contributed by atoms with E-state index in [4.69, 9.17) is 5.73 Å². The molecule has 0 aliphatic rings. The van der Waals surface area contributed by atoms with Crippen LogP contribution in [0.25, 0.3) is 0 Å². The van der Waals surface area contributed by atoms with E-state index in [0.29, 0.717) is 0 Å². The van der Waals surface area contributed by atoms with Crippen LogP contribution in [-0.4, -0.2) is 24.8 Å². The summed E-state index contributed by atoms with van der Waals surface area (Å²) in [7, 11) is 3.80. The summed E-state index contributed by atoms with van der Waals surface area (Å²) in [6, 6.07) is -0.100. The quantitative estimate of drug-likeness (QED) is 0.834. The molecule has 1 atom stereocenters. The summed E-state index contributed by atoms with van der Waals surface area (Å²) >= 11 is 0. The molecule has 6 nitrogen and oxygen atoms in total. The molecule has 0 saturated heterocycles. The minimum atomic E-state index is -0.100. The second-order valence-electron chi connectivity index (χ2n) is 4.37. The molecular weight excluding hydrogens is 216 g/mol. The monoisotopic (exact) mass is 234 g/mol. The first-order valence-electron chi connectivity index (χ1n) is 5.60. The van der Waals surface area contributed by atoms with E-state index in [2.05, 4.69) is 22.3 Å². The molecule has 2 aromatic rings. The zero-order valence-electron chi connectivity index (χ0n) is 10.7. The van der Waals surface area contributed by atoms with E-state index >= 15 is 0 Å². The second kappa shape index (κ2) is 4.29. The number of hydrogen-bond donors (Lipinski definition) is 1. The first-order chi connectivity index (χ1) is 8.00. The summed E-state index contributed by atoms with van der Waals surface area (Å²) < 4.78 is 3.60. The van der Waals surface area contributed by atoms with Gasteiger partial charge in [-0.25, -0.2) is 0 Å². The lowest BCUT2D eigenvalue weighted by atomic mass is 10.0. The summed E-state index contributed by atoms with van der Waals surface area (Å²) in [6.07, 6.45) is 2.47. The molecule has 0 amide bonds. The van der Waals surface area contributed by atoms with Crippen LogP contribution < -0.4 is 5.73 Å². The Hall–Kier alpha value is -1.69. The summed E-state index contributed by atoms with van der Waals surface area (Å²) in [4.78, 5) is 0. The highest BCUT2D eigenvalue weighted by atomic mass is 15.4. The SMILES string of the molecule is Cc1nn(C)c(C)c1CC(N)c1cnnn1C. The predicted octanol–water partition coefficient (Wildman–Crippen LogP) is 0.408. The van der Waals surface area contributed by atoms with Crippen LogP contribution in [0.15, 0.2) is 6.20 Å². The zero-order valence-corrected chi connectivity index (χ0v) is 10.7. The number of hydrogen-bond acceptors (Lipinski definition) is 4. The number of aromatic nitrogens is 5. The lowest BCUT2D eigenvalue weighted by molar-refractivity contribution is 0.604. The van der Waals surface area contributed by atoms with Gasteiger partial charge in [-0.15, -0.1) is 5.10 Å². The Kier molecular flexibility index (Phi) is 2.97. The molecule has 0 aliphatic carbocycles. The van der Waals surface area contributed by atoms with E-state index in [9.17, 15) is 0 Å². The molecule has 0 aliphatic heterocycles. The maximum Gasteiger partial charge on any atom is 0.0754 e. The van der Waals surface area contributed by atoms with Crippen molar-refractivity contribution in [2.45, 2.75) is 26.3 Å². The van der Waals surface area contributed by atoms with Crippen molar-refractivity contribution in [2.75, 3.05) is 0 Å². The molecule has 1 unspecified atom stereocenters. The molecule has 0 bridgehead atoms. The van der Waals surface area contributed by atoms with Crippen LogP contribution in [0.1, 0.15) is 28.7 Å². The number of nitrogens with zero attached hydrogens (tertiary/aromatic N) is 5. The van der Waals surface area contributed by atoms with Crippen molar-refractivity contribution >= 4 is 0 Å². The third-order valence-electron chi connectivity index (χ3n) is 3.21. The Morgan fingerprint density at radius 2 is 2.00 bits per heavy atom. The molecular formula is C11H18N6. The van der Waals surface area contributed by atoms with Gasteiger partial charge in [-0.1, -0.05) is 5.21 Å². The van der Waals surface area contributed by atoms with Crippen LogP contribution in [0.4, 0.5) is 0 Å². The van der Waals surface area contributed by atoms with Crippen molar-refractivity contribution in [2.24, 2.45) is 19.8 Å². The van der Waals surface area contributed by atoms with Crippen LogP contribution >= 0.6 is 0 Å². The van der Waals surface area contributed by atoms with Crippen molar-refractivity contribution in [3.63, 3.8) is 0 Å². The number of aryl methyl sites for hydroxylation is 3. The Labute approximate surface area is 100 Å². The second-order valence-corrected chi connectivity index (χ2v) is 4.37. The lowest BCUT2D eigenvalue weighted by Gasteiger charge is -2.11. The Bertz CT molecular complexity index is 524. The van der Waals surface area contributed by atoms with E-state index in [1.54, 1.807) is 10.9 Å². The molecule has 0 spiro atoms. The average molecular weight is 234 g/mol. The third-order valence-corrected chi connectivity index (χ3v) is 3.21. The van der Waals surface area contributed by atoms with Gasteiger partial charge in [0.1, 0.15) is 0 Å². The van der Waals surface area contributed by atoms with Gasteiger partial charge in [-0.3, -0.25) is 9.36 Å². The van der Waals surface area contributed by atoms with Crippen LogP contribution in [0.2, 0.25) is 0 Å². The van der Waals surface area contributed by atoms with Crippen molar-refractivity contribution in [1.29, 1.82) is 0 Å². The van der Waals surface area contributed by atoms with Gasteiger partial charge in [-0.2, -0.15) is 5.10 Å². The average Bonchev–Trinajstić information content (AvgIpc) is 2.78. The zero-order chi connectivity index (χ0) is 12.6. The molecule has 0 saturated carbocycles. The van der Waals surface area contributed by atoms with Gasteiger partial charge >= 0.3 is 0 Å². The van der Waals surface area contributed by atoms with Crippen molar-refractivity contribution in [1.82, 2.24) is 24.8 Å². The van der Waals surface area contributed by atoms with E-state index in [-0.39, 0.29) is 6.04 Å². The highest BCUT2D eigenvalue weighted by Crippen LogP contribution is 2.19. The first-order valence-corrected chi connectivity index (χ1v) is 5.60. The number of nitrogens with two attached hydrogens (primary N) is 1. The highest BCUT2D eigenvalue weighted by Gasteiger charge is 2.16. The van der Waals surface area contributed by atoms with Gasteiger partial charge in [-0.05, 0) is 25.8 Å². The topological polar surface area (TPSA) is 74.6 Å². The van der Waals surface area contributed by atoms with Gasteiger partial charge in [0.15, 0.2) is 0 Å². The maximum absolute atomic E-state index is 6.18. The molecule has 2 N–H and O–H groups in total. The molecule has 0 radical (unpaired) electrons. The molecule has 2 rings (SSSR count). The molecule has 2 aromatic heterocycles. The van der Waals surface area contributed by atoms with Gasteiger partial charge in [0.2, 0.25) is 0 Å². The lowest BCUT2D eigenvalue weighted by Crippen LogP contribution is -2.17. The maximum atomic E-state index is 6.18. The van der Waals surface area contributed by atoms with Crippen LogP contribution in [0.3, 0.4) is 0 Å². The Morgan fingerprint density at radius 3 is 2.47 bits per heavy atom. The van der Waals surface area contributed by atoms with Crippen molar-refractivity contribution in [3.8, 4) is 0 Å². The minimum absolute atomic E-state index is 0.100.